The van der Waals surface area contributed by atoms with E-state index in [-0.39, 0.29) is 5.78 Å². The molecule has 0 unspecified atom stereocenters. The minimum absolute atomic E-state index is 0.0780. The number of Topliss-reactive ketones (excluding diaryl/α,β-unsaturated/α-hetero) is 1. The van der Waals surface area contributed by atoms with Crippen LogP contribution in [0.15, 0.2) is 90.3 Å². The van der Waals surface area contributed by atoms with E-state index in [0.717, 1.165) is 26.9 Å². The second kappa shape index (κ2) is 7.70. The standard InChI is InChI=1S/C29H19N3OS/c30-17-29(18-31)25-15-13-22-21-10-5-4-7-19(21)12-14-23(22)32(25)27(26(29)24-11-6-16-34-24)28(33)20-8-2-1-3-9-20/h1-16,25-27H/t25-,26+,27+/m0/s1. The molecule has 1 aromatic heterocycles. The molecule has 4 nitrogen and oxygen atoms in total. The molecule has 1 fully saturated rings. The Bertz CT molecular complexity index is 1510. The van der Waals surface area contributed by atoms with E-state index in [4.69, 9.17) is 0 Å². The Labute approximate surface area is 201 Å². The van der Waals surface area contributed by atoms with Crippen molar-refractivity contribution in [3.05, 3.63) is 106 Å². The average molecular weight is 458 g/mol. The number of rotatable bonds is 3. The van der Waals surface area contributed by atoms with Crippen LogP contribution < -0.4 is 4.90 Å². The van der Waals surface area contributed by atoms with Crippen molar-refractivity contribution in [3.63, 3.8) is 0 Å². The quantitative estimate of drug-likeness (QED) is 0.344. The molecule has 34 heavy (non-hydrogen) atoms. The zero-order valence-electron chi connectivity index (χ0n) is 18.1. The lowest BCUT2D eigenvalue weighted by atomic mass is 9.71. The summed E-state index contributed by atoms with van der Waals surface area (Å²) in [6.45, 7) is 0. The first kappa shape index (κ1) is 20.4. The molecule has 3 atom stereocenters. The van der Waals surface area contributed by atoms with Crippen molar-refractivity contribution in [1.29, 1.82) is 10.5 Å². The van der Waals surface area contributed by atoms with E-state index in [0.29, 0.717) is 5.56 Å². The van der Waals surface area contributed by atoms with Crippen molar-refractivity contribution in [2.45, 2.75) is 18.0 Å². The molecule has 3 aromatic carbocycles. The first-order valence-corrected chi connectivity index (χ1v) is 12.0. The Morgan fingerprint density at radius 2 is 1.68 bits per heavy atom. The smallest absolute Gasteiger partial charge is 0.185 e. The minimum atomic E-state index is -1.40. The molecule has 4 aromatic rings. The van der Waals surface area contributed by atoms with Crippen molar-refractivity contribution in [2.75, 3.05) is 4.90 Å². The van der Waals surface area contributed by atoms with Crippen LogP contribution in [0.4, 0.5) is 5.69 Å². The maximum atomic E-state index is 14.1. The maximum Gasteiger partial charge on any atom is 0.185 e. The van der Waals surface area contributed by atoms with Gasteiger partial charge >= 0.3 is 0 Å². The second-order valence-electron chi connectivity index (χ2n) is 8.69. The van der Waals surface area contributed by atoms with E-state index < -0.39 is 23.4 Å². The third kappa shape index (κ3) is 2.71. The molecule has 5 heteroatoms. The number of carbonyl (C=O) groups excluding carboxylic acids is 1. The van der Waals surface area contributed by atoms with Crippen molar-refractivity contribution in [1.82, 2.24) is 0 Å². The predicted molar refractivity (Wildman–Crippen MR) is 135 cm³/mol. The van der Waals surface area contributed by atoms with Crippen LogP contribution in [0.1, 0.15) is 26.7 Å². The molecular weight excluding hydrogens is 438 g/mol. The van der Waals surface area contributed by atoms with Gasteiger partial charge in [-0.15, -0.1) is 11.3 Å². The van der Waals surface area contributed by atoms with Gasteiger partial charge in [0.2, 0.25) is 0 Å². The van der Waals surface area contributed by atoms with E-state index in [2.05, 4.69) is 24.3 Å². The summed E-state index contributed by atoms with van der Waals surface area (Å²) in [4.78, 5) is 17.0. The lowest BCUT2D eigenvalue weighted by Crippen LogP contribution is -2.44. The van der Waals surface area contributed by atoms with Crippen LogP contribution in [-0.2, 0) is 0 Å². The van der Waals surface area contributed by atoms with E-state index in [1.54, 1.807) is 0 Å². The highest BCUT2D eigenvalue weighted by molar-refractivity contribution is 7.10. The fourth-order valence-corrected chi connectivity index (χ4v) is 6.53. The molecule has 1 saturated heterocycles. The van der Waals surface area contributed by atoms with Gasteiger partial charge in [0, 0.05) is 21.7 Å². The van der Waals surface area contributed by atoms with Crippen LogP contribution in [0.25, 0.3) is 16.8 Å². The van der Waals surface area contributed by atoms with E-state index in [9.17, 15) is 15.3 Å². The summed E-state index contributed by atoms with van der Waals surface area (Å²) in [6.07, 6.45) is 3.96. The predicted octanol–water partition coefficient (Wildman–Crippen LogP) is 6.19. The SMILES string of the molecule is N#CC1(C#N)[C@H](c2cccs2)[C@H](C(=O)c2ccccc2)N2c3ccc4ccccc4c3C=C[C@H]21. The van der Waals surface area contributed by atoms with Crippen LogP contribution in [0, 0.1) is 28.1 Å². The summed E-state index contributed by atoms with van der Waals surface area (Å²) in [5, 5.41) is 25.1. The first-order valence-electron chi connectivity index (χ1n) is 11.1. The highest BCUT2D eigenvalue weighted by Gasteiger charge is 2.63. The molecule has 0 saturated carbocycles. The summed E-state index contributed by atoms with van der Waals surface area (Å²) < 4.78 is 0. The normalized spacial score (nSPS) is 21.9. The topological polar surface area (TPSA) is 67.9 Å². The largest absolute Gasteiger partial charge is 0.351 e. The Balaban J connectivity index is 1.64. The van der Waals surface area contributed by atoms with Gasteiger partial charge in [-0.25, -0.2) is 0 Å². The van der Waals surface area contributed by atoms with Crippen molar-refractivity contribution < 1.29 is 4.79 Å². The molecule has 0 radical (unpaired) electrons. The van der Waals surface area contributed by atoms with Gasteiger partial charge in [-0.05, 0) is 28.3 Å². The zero-order valence-corrected chi connectivity index (χ0v) is 18.9. The monoisotopic (exact) mass is 457 g/mol. The summed E-state index contributed by atoms with van der Waals surface area (Å²) in [6, 6.07) is 28.8. The highest BCUT2D eigenvalue weighted by atomic mass is 32.1. The molecule has 6 rings (SSSR count). The highest BCUT2D eigenvalue weighted by Crippen LogP contribution is 2.56. The lowest BCUT2D eigenvalue weighted by Gasteiger charge is -2.36. The molecule has 2 aliphatic rings. The van der Waals surface area contributed by atoms with Crippen LogP contribution in [0.3, 0.4) is 0 Å². The van der Waals surface area contributed by atoms with Gasteiger partial charge in [0.25, 0.3) is 0 Å². The van der Waals surface area contributed by atoms with Crippen LogP contribution in [-0.4, -0.2) is 17.9 Å². The van der Waals surface area contributed by atoms with Gasteiger partial charge in [-0.1, -0.05) is 78.9 Å². The first-order chi connectivity index (χ1) is 16.7. The number of benzene rings is 3. The van der Waals surface area contributed by atoms with Crippen molar-refractivity contribution in [3.8, 4) is 12.1 Å². The van der Waals surface area contributed by atoms with Crippen molar-refractivity contribution >= 4 is 39.7 Å². The number of hydrogen-bond donors (Lipinski definition) is 0. The van der Waals surface area contributed by atoms with Gasteiger partial charge in [-0.2, -0.15) is 10.5 Å². The molecular formula is C29H19N3OS. The van der Waals surface area contributed by atoms with Crippen molar-refractivity contribution in [2.24, 2.45) is 5.41 Å². The zero-order chi connectivity index (χ0) is 23.3. The third-order valence-corrected chi connectivity index (χ3v) is 8.05. The molecule has 0 bridgehead atoms. The third-order valence-electron chi connectivity index (χ3n) is 7.09. The van der Waals surface area contributed by atoms with Crippen LogP contribution >= 0.6 is 11.3 Å². The maximum absolute atomic E-state index is 14.1. The summed E-state index contributed by atoms with van der Waals surface area (Å²) in [5.41, 5.74) is 1.07. The fourth-order valence-electron chi connectivity index (χ4n) is 5.60. The lowest BCUT2D eigenvalue weighted by molar-refractivity contribution is 0.0951. The van der Waals surface area contributed by atoms with E-state index in [1.165, 1.54) is 11.3 Å². The molecule has 0 aliphatic carbocycles. The molecule has 0 N–H and O–H groups in total. The van der Waals surface area contributed by atoms with E-state index >= 15 is 0 Å². The number of fused-ring (bicyclic) bond motifs is 5. The Hall–Kier alpha value is -4.19. The fraction of sp³-hybridized carbons (Fsp3) is 0.138. The van der Waals surface area contributed by atoms with Gasteiger partial charge in [0.05, 0.1) is 24.1 Å². The van der Waals surface area contributed by atoms with Crippen LogP contribution in [0.5, 0.6) is 0 Å². The number of hydrogen-bond acceptors (Lipinski definition) is 5. The Morgan fingerprint density at radius 3 is 2.41 bits per heavy atom. The van der Waals surface area contributed by atoms with Gasteiger partial charge in [0.15, 0.2) is 11.2 Å². The average Bonchev–Trinajstić information content (AvgIpc) is 3.53. The molecule has 3 heterocycles. The number of nitriles is 2. The molecule has 2 aliphatic heterocycles. The molecule has 0 amide bonds. The number of ketones is 1. The summed E-state index contributed by atoms with van der Waals surface area (Å²) >= 11 is 1.49. The summed E-state index contributed by atoms with van der Waals surface area (Å²) in [7, 11) is 0. The van der Waals surface area contributed by atoms with Crippen LogP contribution in [0.2, 0.25) is 0 Å². The van der Waals surface area contributed by atoms with Gasteiger partial charge in [-0.3, -0.25) is 4.79 Å². The van der Waals surface area contributed by atoms with E-state index in [1.807, 2.05) is 89.2 Å². The van der Waals surface area contributed by atoms with Gasteiger partial charge < -0.3 is 4.90 Å². The number of anilines is 1. The minimum Gasteiger partial charge on any atom is -0.351 e. The molecule has 162 valence electrons. The molecule has 0 spiro atoms. The number of thiophene rings is 1. The number of nitrogens with zero attached hydrogens (tertiary/aromatic N) is 3. The summed E-state index contributed by atoms with van der Waals surface area (Å²) in [5.74, 6) is -0.659. The Kier molecular flexibility index (Phi) is 4.62. The second-order valence-corrected chi connectivity index (χ2v) is 9.67. The Morgan fingerprint density at radius 1 is 0.912 bits per heavy atom. The number of carbonyl (C=O) groups is 1. The van der Waals surface area contributed by atoms with Gasteiger partial charge in [0.1, 0.15) is 6.04 Å².